The Labute approximate surface area is 65.4 Å². The van der Waals surface area contributed by atoms with Crippen LogP contribution in [0.25, 0.3) is 0 Å². The van der Waals surface area contributed by atoms with Gasteiger partial charge < -0.3 is 20.6 Å². The van der Waals surface area contributed by atoms with Crippen LogP contribution in [-0.4, -0.2) is 48.8 Å². The number of hydrogen-bond donors (Lipinski definition) is 2. The Morgan fingerprint density at radius 2 is 2.55 bits per heavy atom. The van der Waals surface area contributed by atoms with E-state index >= 15 is 0 Å². The van der Waals surface area contributed by atoms with E-state index in [4.69, 9.17) is 15.7 Å². The molecule has 0 saturated carbocycles. The number of morpholine rings is 1. The van der Waals surface area contributed by atoms with Crippen molar-refractivity contribution in [2.24, 2.45) is 10.9 Å². The molecule has 5 nitrogen and oxygen atoms in total. The maximum atomic E-state index is 8.34. The van der Waals surface area contributed by atoms with E-state index in [0.717, 1.165) is 6.54 Å². The molecule has 0 aromatic rings. The summed E-state index contributed by atoms with van der Waals surface area (Å²) in [7, 11) is 1.97. The molecule has 0 bridgehead atoms. The van der Waals surface area contributed by atoms with Crippen molar-refractivity contribution in [2.75, 3.05) is 26.7 Å². The Morgan fingerprint density at radius 1 is 1.82 bits per heavy atom. The second-order valence-electron chi connectivity index (χ2n) is 2.65. The summed E-state index contributed by atoms with van der Waals surface area (Å²) in [4.78, 5) is 2.08. The zero-order valence-corrected chi connectivity index (χ0v) is 6.53. The molecule has 11 heavy (non-hydrogen) atoms. The first kappa shape index (κ1) is 8.29. The second-order valence-corrected chi connectivity index (χ2v) is 2.65. The van der Waals surface area contributed by atoms with Crippen molar-refractivity contribution in [2.45, 2.75) is 6.10 Å². The third-order valence-corrected chi connectivity index (χ3v) is 1.71. The van der Waals surface area contributed by atoms with Crippen LogP contribution in [0.4, 0.5) is 0 Å². The first-order valence-corrected chi connectivity index (χ1v) is 3.51. The van der Waals surface area contributed by atoms with Crippen LogP contribution in [-0.2, 0) is 4.74 Å². The molecule has 64 valence electrons. The van der Waals surface area contributed by atoms with E-state index in [1.807, 2.05) is 7.05 Å². The van der Waals surface area contributed by atoms with Gasteiger partial charge in [0.05, 0.1) is 6.61 Å². The first-order valence-electron chi connectivity index (χ1n) is 3.51. The van der Waals surface area contributed by atoms with Crippen LogP contribution in [0.3, 0.4) is 0 Å². The molecular weight excluding hydrogens is 146 g/mol. The summed E-state index contributed by atoms with van der Waals surface area (Å²) in [6.45, 7) is 2.22. The number of nitrogens with two attached hydrogens (primary N) is 1. The van der Waals surface area contributed by atoms with E-state index in [1.54, 1.807) is 0 Å². The van der Waals surface area contributed by atoms with Crippen LogP contribution in [0.2, 0.25) is 0 Å². The molecule has 1 rings (SSSR count). The summed E-state index contributed by atoms with van der Waals surface area (Å²) in [5, 5.41) is 11.2. The number of nitrogens with zero attached hydrogens (tertiary/aromatic N) is 2. The van der Waals surface area contributed by atoms with Gasteiger partial charge >= 0.3 is 0 Å². The number of ether oxygens (including phenoxy) is 1. The minimum atomic E-state index is -0.251. The highest BCUT2D eigenvalue weighted by atomic mass is 16.5. The number of oxime groups is 1. The average molecular weight is 159 g/mol. The van der Waals surface area contributed by atoms with Gasteiger partial charge in [-0.25, -0.2) is 0 Å². The van der Waals surface area contributed by atoms with Gasteiger partial charge in [0.25, 0.3) is 0 Å². The normalized spacial score (nSPS) is 28.8. The fraction of sp³-hybridized carbons (Fsp3) is 0.833. The van der Waals surface area contributed by atoms with E-state index in [1.165, 1.54) is 0 Å². The summed E-state index contributed by atoms with van der Waals surface area (Å²) >= 11 is 0. The highest BCUT2D eigenvalue weighted by Crippen LogP contribution is 2.02. The number of rotatable bonds is 1. The van der Waals surface area contributed by atoms with Crippen LogP contribution in [0.5, 0.6) is 0 Å². The lowest BCUT2D eigenvalue weighted by molar-refractivity contribution is 0.0153. The van der Waals surface area contributed by atoms with Crippen molar-refractivity contribution in [3.8, 4) is 0 Å². The Bertz CT molecular complexity index is 160. The minimum absolute atomic E-state index is 0.150. The maximum absolute atomic E-state index is 8.34. The molecule has 1 fully saturated rings. The van der Waals surface area contributed by atoms with E-state index < -0.39 is 0 Å². The summed E-state index contributed by atoms with van der Waals surface area (Å²) in [5.74, 6) is 0.150. The summed E-state index contributed by atoms with van der Waals surface area (Å²) < 4.78 is 5.24. The van der Waals surface area contributed by atoms with Gasteiger partial charge in [-0.1, -0.05) is 5.16 Å². The average Bonchev–Trinajstić information content (AvgIpc) is 2.03. The smallest absolute Gasteiger partial charge is 0.169 e. The molecule has 1 heterocycles. The van der Waals surface area contributed by atoms with Gasteiger partial charge in [-0.2, -0.15) is 0 Å². The van der Waals surface area contributed by atoms with E-state index in [9.17, 15) is 0 Å². The molecule has 0 amide bonds. The molecule has 1 aliphatic heterocycles. The summed E-state index contributed by atoms with van der Waals surface area (Å²) in [6, 6.07) is 0. The van der Waals surface area contributed by atoms with E-state index in [0.29, 0.717) is 13.2 Å². The minimum Gasteiger partial charge on any atom is -0.409 e. The van der Waals surface area contributed by atoms with E-state index in [2.05, 4.69) is 10.1 Å². The third-order valence-electron chi connectivity index (χ3n) is 1.71. The van der Waals surface area contributed by atoms with Gasteiger partial charge in [0.2, 0.25) is 0 Å². The fourth-order valence-corrected chi connectivity index (χ4v) is 1.02. The highest BCUT2D eigenvalue weighted by molar-refractivity contribution is 5.84. The molecule has 0 aliphatic carbocycles. The van der Waals surface area contributed by atoms with Crippen LogP contribution >= 0.6 is 0 Å². The zero-order chi connectivity index (χ0) is 8.27. The van der Waals surface area contributed by atoms with Crippen LogP contribution in [0.1, 0.15) is 0 Å². The molecule has 0 spiro atoms. The fourth-order valence-electron chi connectivity index (χ4n) is 1.02. The molecule has 0 unspecified atom stereocenters. The summed E-state index contributed by atoms with van der Waals surface area (Å²) in [6.07, 6.45) is -0.251. The van der Waals surface area contributed by atoms with Crippen molar-refractivity contribution in [1.82, 2.24) is 4.90 Å². The van der Waals surface area contributed by atoms with Gasteiger partial charge in [-0.05, 0) is 7.05 Å². The molecule has 1 saturated heterocycles. The topological polar surface area (TPSA) is 71.1 Å². The molecule has 0 radical (unpaired) electrons. The lowest BCUT2D eigenvalue weighted by Crippen LogP contribution is -2.46. The van der Waals surface area contributed by atoms with Crippen molar-refractivity contribution >= 4 is 5.84 Å². The molecule has 5 heteroatoms. The van der Waals surface area contributed by atoms with Crippen LogP contribution < -0.4 is 5.73 Å². The standard InChI is InChI=1S/C6H13N3O2/c1-9-2-3-11-5(4-9)6(7)8-10/h5,10H,2-4H2,1H3,(H2,7,8)/t5-/m1/s1. The first-order chi connectivity index (χ1) is 5.24. The van der Waals surface area contributed by atoms with Gasteiger partial charge in [-0.3, -0.25) is 0 Å². The number of likely N-dealkylation sites (N-methyl/N-ethyl adjacent to an activating group) is 1. The Morgan fingerprint density at radius 3 is 3.09 bits per heavy atom. The van der Waals surface area contributed by atoms with Gasteiger partial charge in [-0.15, -0.1) is 0 Å². The largest absolute Gasteiger partial charge is 0.409 e. The van der Waals surface area contributed by atoms with Crippen molar-refractivity contribution < 1.29 is 9.94 Å². The lowest BCUT2D eigenvalue weighted by Gasteiger charge is -2.28. The Hall–Kier alpha value is -0.810. The lowest BCUT2D eigenvalue weighted by atomic mass is 10.3. The van der Waals surface area contributed by atoms with Crippen LogP contribution in [0, 0.1) is 0 Å². The molecular formula is C6H13N3O2. The predicted octanol–water partition coefficient (Wildman–Crippen LogP) is -0.937. The molecule has 0 aromatic carbocycles. The Balaban J connectivity index is 2.46. The van der Waals surface area contributed by atoms with Gasteiger partial charge in [0.15, 0.2) is 5.84 Å². The van der Waals surface area contributed by atoms with Gasteiger partial charge in [0.1, 0.15) is 6.10 Å². The summed E-state index contributed by atoms with van der Waals surface area (Å²) in [5.41, 5.74) is 5.36. The zero-order valence-electron chi connectivity index (χ0n) is 6.53. The third kappa shape index (κ3) is 2.06. The maximum Gasteiger partial charge on any atom is 0.169 e. The quantitative estimate of drug-likeness (QED) is 0.224. The highest BCUT2D eigenvalue weighted by Gasteiger charge is 2.20. The SMILES string of the molecule is CN1CCO[C@@H](/C(N)=N\O)C1. The van der Waals surface area contributed by atoms with Crippen molar-refractivity contribution in [1.29, 1.82) is 0 Å². The van der Waals surface area contributed by atoms with E-state index in [-0.39, 0.29) is 11.9 Å². The van der Waals surface area contributed by atoms with Crippen LogP contribution in [0.15, 0.2) is 5.16 Å². The molecule has 1 aliphatic rings. The van der Waals surface area contributed by atoms with Crippen molar-refractivity contribution in [3.05, 3.63) is 0 Å². The predicted molar refractivity (Wildman–Crippen MR) is 40.6 cm³/mol. The number of amidine groups is 1. The second kappa shape index (κ2) is 3.54. The molecule has 3 N–H and O–H groups in total. The van der Waals surface area contributed by atoms with Crippen molar-refractivity contribution in [3.63, 3.8) is 0 Å². The van der Waals surface area contributed by atoms with Gasteiger partial charge in [0, 0.05) is 13.1 Å². The number of hydrogen-bond acceptors (Lipinski definition) is 4. The monoisotopic (exact) mass is 159 g/mol. The Kier molecular flexibility index (Phi) is 2.67. The molecule has 1 atom stereocenters. The molecule has 0 aromatic heterocycles.